The van der Waals surface area contributed by atoms with Gasteiger partial charge in [-0.15, -0.1) is 0 Å². The summed E-state index contributed by atoms with van der Waals surface area (Å²) in [5.74, 6) is 1.66. The highest BCUT2D eigenvalue weighted by Gasteiger charge is 2.48. The van der Waals surface area contributed by atoms with Gasteiger partial charge in [0.05, 0.1) is 7.11 Å². The minimum atomic E-state index is 0.176. The Hall–Kier alpha value is -0.700. The second kappa shape index (κ2) is 4.52. The highest BCUT2D eigenvalue weighted by Crippen LogP contribution is 2.48. The molecule has 2 rings (SSSR count). The number of ether oxygens (including phenoxy) is 2. The van der Waals surface area contributed by atoms with Crippen LogP contribution in [0.2, 0.25) is 0 Å². The molecule has 0 heterocycles. The third kappa shape index (κ3) is 2.30. The van der Waals surface area contributed by atoms with Gasteiger partial charge in [-0.25, -0.2) is 0 Å². The van der Waals surface area contributed by atoms with Crippen LogP contribution in [0.3, 0.4) is 0 Å². The van der Waals surface area contributed by atoms with E-state index in [0.717, 1.165) is 17.9 Å². The van der Waals surface area contributed by atoms with Gasteiger partial charge in [0.1, 0.15) is 6.10 Å². The van der Waals surface area contributed by atoms with E-state index in [1.54, 1.807) is 7.11 Å². The maximum absolute atomic E-state index is 6.06. The first-order valence-electron chi connectivity index (χ1n) is 5.90. The van der Waals surface area contributed by atoms with Crippen LogP contribution < -0.4 is 9.47 Å². The lowest BCUT2D eigenvalue weighted by Gasteiger charge is -2.48. The van der Waals surface area contributed by atoms with Crippen LogP contribution in [-0.4, -0.2) is 18.0 Å². The van der Waals surface area contributed by atoms with E-state index in [1.807, 2.05) is 19.1 Å². The van der Waals surface area contributed by atoms with Crippen LogP contribution in [-0.2, 0) is 0 Å². The Bertz CT molecular complexity index is 415. The second-order valence-electron chi connectivity index (χ2n) is 5.29. The van der Waals surface area contributed by atoms with Crippen molar-refractivity contribution in [1.29, 1.82) is 0 Å². The van der Waals surface area contributed by atoms with Crippen LogP contribution in [0.5, 0.6) is 11.5 Å². The fourth-order valence-corrected chi connectivity index (χ4v) is 2.70. The maximum atomic E-state index is 6.06. The number of rotatable bonds is 3. The summed E-state index contributed by atoms with van der Waals surface area (Å²) in [5, 5.41) is 0. The lowest BCUT2D eigenvalue weighted by molar-refractivity contribution is -0.00927. The largest absolute Gasteiger partial charge is 0.493 e. The van der Waals surface area contributed by atoms with Gasteiger partial charge in [-0.2, -0.15) is 0 Å². The smallest absolute Gasteiger partial charge is 0.161 e. The van der Waals surface area contributed by atoms with Crippen molar-refractivity contribution in [3.05, 3.63) is 23.8 Å². The molecule has 3 heteroatoms. The topological polar surface area (TPSA) is 18.5 Å². The molecule has 2 atom stereocenters. The number of hydrogen-bond donors (Lipinski definition) is 0. The lowest BCUT2D eigenvalue weighted by Crippen LogP contribution is -2.53. The normalized spacial score (nSPS) is 26.2. The Labute approximate surface area is 111 Å². The molecule has 2 unspecified atom stereocenters. The monoisotopic (exact) mass is 298 g/mol. The first kappa shape index (κ1) is 12.7. The van der Waals surface area contributed by atoms with Crippen LogP contribution >= 0.6 is 15.9 Å². The Morgan fingerprint density at radius 1 is 1.29 bits per heavy atom. The molecule has 1 saturated carbocycles. The Balaban J connectivity index is 2.15. The molecular weight excluding hydrogens is 280 g/mol. The molecular formula is C14H19BrO2. The summed E-state index contributed by atoms with van der Waals surface area (Å²) in [6.45, 7) is 6.50. The van der Waals surface area contributed by atoms with Crippen molar-refractivity contribution < 1.29 is 9.47 Å². The summed E-state index contributed by atoms with van der Waals surface area (Å²) in [6.07, 6.45) is 1.30. The Morgan fingerprint density at radius 3 is 2.53 bits per heavy atom. The number of hydrogen-bond acceptors (Lipinski definition) is 2. The molecule has 0 saturated heterocycles. The molecule has 1 aromatic carbocycles. The van der Waals surface area contributed by atoms with Crippen molar-refractivity contribution in [2.45, 2.75) is 38.1 Å². The average Bonchev–Trinajstić information content (AvgIpc) is 2.30. The predicted molar refractivity (Wildman–Crippen MR) is 73.3 cm³/mol. The molecule has 0 aromatic heterocycles. The molecule has 0 spiro atoms. The van der Waals surface area contributed by atoms with E-state index in [-0.39, 0.29) is 11.5 Å². The van der Waals surface area contributed by atoms with Gasteiger partial charge in [0.25, 0.3) is 0 Å². The molecule has 0 bridgehead atoms. The highest BCUT2D eigenvalue weighted by molar-refractivity contribution is 9.09. The first-order valence-corrected chi connectivity index (χ1v) is 6.82. The van der Waals surface area contributed by atoms with Gasteiger partial charge in [-0.1, -0.05) is 35.8 Å². The number of alkyl halides is 1. The van der Waals surface area contributed by atoms with E-state index in [0.29, 0.717) is 4.83 Å². The van der Waals surface area contributed by atoms with Crippen molar-refractivity contribution >= 4 is 15.9 Å². The van der Waals surface area contributed by atoms with Gasteiger partial charge in [0, 0.05) is 10.2 Å². The summed E-state index contributed by atoms with van der Waals surface area (Å²) in [6, 6.07) is 6.05. The Morgan fingerprint density at radius 2 is 2.00 bits per heavy atom. The average molecular weight is 299 g/mol. The van der Waals surface area contributed by atoms with Gasteiger partial charge < -0.3 is 9.47 Å². The fourth-order valence-electron chi connectivity index (χ4n) is 2.06. The van der Waals surface area contributed by atoms with E-state index < -0.39 is 0 Å². The summed E-state index contributed by atoms with van der Waals surface area (Å²) in [5.41, 5.74) is 1.36. The summed E-state index contributed by atoms with van der Waals surface area (Å²) in [4.78, 5) is 0.538. The molecule has 0 N–H and O–H groups in total. The van der Waals surface area contributed by atoms with Gasteiger partial charge in [-0.3, -0.25) is 0 Å². The van der Waals surface area contributed by atoms with Gasteiger partial charge in [0.2, 0.25) is 0 Å². The zero-order valence-corrected chi connectivity index (χ0v) is 12.4. The highest BCUT2D eigenvalue weighted by atomic mass is 79.9. The van der Waals surface area contributed by atoms with Gasteiger partial charge in [0.15, 0.2) is 11.5 Å². The molecule has 1 aromatic rings. The second-order valence-corrected chi connectivity index (χ2v) is 6.39. The van der Waals surface area contributed by atoms with E-state index in [4.69, 9.17) is 9.47 Å². The zero-order chi connectivity index (χ0) is 12.6. The molecule has 2 nitrogen and oxygen atoms in total. The quantitative estimate of drug-likeness (QED) is 0.787. The van der Waals surface area contributed by atoms with Crippen LogP contribution in [0.15, 0.2) is 18.2 Å². The maximum Gasteiger partial charge on any atom is 0.161 e. The van der Waals surface area contributed by atoms with Crippen LogP contribution in [0, 0.1) is 12.3 Å². The van der Waals surface area contributed by atoms with Crippen LogP contribution in [0.4, 0.5) is 0 Å². The van der Waals surface area contributed by atoms with E-state index in [9.17, 15) is 0 Å². The minimum absolute atomic E-state index is 0.176. The summed E-state index contributed by atoms with van der Waals surface area (Å²) < 4.78 is 11.4. The number of halogens is 1. The van der Waals surface area contributed by atoms with Gasteiger partial charge in [-0.05, 0) is 31.0 Å². The van der Waals surface area contributed by atoms with Crippen LogP contribution in [0.25, 0.3) is 0 Å². The van der Waals surface area contributed by atoms with Gasteiger partial charge >= 0.3 is 0 Å². The molecule has 0 aliphatic heterocycles. The molecule has 1 fully saturated rings. The lowest BCUT2D eigenvalue weighted by atomic mass is 9.69. The summed E-state index contributed by atoms with van der Waals surface area (Å²) in [7, 11) is 1.68. The standard InChI is InChI=1S/C14H19BrO2/c1-9-5-6-10(11(7-9)16-4)17-13-8-12(15)14(13,2)3/h5-7,12-13H,8H2,1-4H3. The van der Waals surface area contributed by atoms with Crippen molar-refractivity contribution in [3.63, 3.8) is 0 Å². The molecule has 0 radical (unpaired) electrons. The first-order chi connectivity index (χ1) is 7.95. The molecule has 0 amide bonds. The van der Waals surface area contributed by atoms with Crippen molar-refractivity contribution in [2.24, 2.45) is 5.41 Å². The van der Waals surface area contributed by atoms with Crippen molar-refractivity contribution in [3.8, 4) is 11.5 Å². The molecule has 17 heavy (non-hydrogen) atoms. The molecule has 1 aliphatic rings. The van der Waals surface area contributed by atoms with Crippen LogP contribution in [0.1, 0.15) is 25.8 Å². The molecule has 1 aliphatic carbocycles. The van der Waals surface area contributed by atoms with E-state index in [1.165, 1.54) is 5.56 Å². The minimum Gasteiger partial charge on any atom is -0.493 e. The third-order valence-corrected chi connectivity index (χ3v) is 5.20. The van der Waals surface area contributed by atoms with Crippen molar-refractivity contribution in [1.82, 2.24) is 0 Å². The number of aryl methyl sites for hydroxylation is 1. The van der Waals surface area contributed by atoms with E-state index >= 15 is 0 Å². The van der Waals surface area contributed by atoms with E-state index in [2.05, 4.69) is 35.8 Å². The molecule has 94 valence electrons. The number of methoxy groups -OCH3 is 1. The predicted octanol–water partition coefficient (Wildman–Crippen LogP) is 3.94. The fraction of sp³-hybridized carbons (Fsp3) is 0.571. The zero-order valence-electron chi connectivity index (χ0n) is 10.8. The van der Waals surface area contributed by atoms with Crippen molar-refractivity contribution in [2.75, 3.05) is 7.11 Å². The third-order valence-electron chi connectivity index (χ3n) is 3.65. The Kier molecular flexibility index (Phi) is 3.39. The summed E-state index contributed by atoms with van der Waals surface area (Å²) >= 11 is 3.67. The SMILES string of the molecule is COc1cc(C)ccc1OC1CC(Br)C1(C)C. The number of benzene rings is 1.